The van der Waals surface area contributed by atoms with Gasteiger partial charge in [-0.05, 0) is 77.0 Å². The zero-order chi connectivity index (χ0) is 46.9. The molecule has 0 heterocycles. The highest BCUT2D eigenvalue weighted by molar-refractivity contribution is 7.47. The van der Waals surface area contributed by atoms with E-state index in [1.54, 1.807) is 0 Å². The van der Waals surface area contributed by atoms with Crippen molar-refractivity contribution in [3.63, 3.8) is 0 Å². The number of carboxylic acid groups (broad SMARTS) is 1. The number of aliphatic carboxylic acids is 1. The van der Waals surface area contributed by atoms with Crippen LogP contribution in [0.4, 0.5) is 0 Å². The van der Waals surface area contributed by atoms with Gasteiger partial charge in [-0.15, -0.1) is 0 Å². The molecule has 3 unspecified atom stereocenters. The van der Waals surface area contributed by atoms with Crippen LogP contribution in [0.5, 0.6) is 0 Å². The second kappa shape index (κ2) is 48.6. The Kier molecular flexibility index (Phi) is 46.8. The number of carboxylic acids is 1. The molecule has 0 saturated heterocycles. The number of carbonyl (C=O) groups excluding carboxylic acids is 1. The molecule has 0 aromatic heterocycles. The smallest absolute Gasteiger partial charge is 0.472 e. The Labute approximate surface area is 392 Å². The van der Waals surface area contributed by atoms with Crippen LogP contribution in [-0.2, 0) is 32.7 Å². The summed E-state index contributed by atoms with van der Waals surface area (Å²) < 4.78 is 33.5. The summed E-state index contributed by atoms with van der Waals surface area (Å²) in [6.45, 7) is 3.78. The molecule has 0 radical (unpaired) electrons. The molecule has 3 atom stereocenters. The fourth-order valence-corrected chi connectivity index (χ4v) is 7.84. The molecule has 0 aliphatic heterocycles. The van der Waals surface area contributed by atoms with E-state index in [2.05, 4.69) is 74.6 Å². The lowest BCUT2D eigenvalue weighted by Crippen LogP contribution is -2.34. The minimum atomic E-state index is -4.63. The summed E-state index contributed by atoms with van der Waals surface area (Å²) in [7, 11) is -4.63. The SMILES string of the molecule is CC/C=C\C/C=C\C/C=C\C/C=C\CCCCCCCCCCCCCOCC(COP(=O)(O)OCC(N)C(=O)O)OC(=O)CCCCCCCCC/C=C\CCCCCCCCC. The molecule has 0 aromatic rings. The topological polar surface area (TPSA) is 155 Å². The average molecular weight is 922 g/mol. The van der Waals surface area contributed by atoms with E-state index in [0.29, 0.717) is 13.0 Å². The predicted octanol–water partition coefficient (Wildman–Crippen LogP) is 15.2. The molecule has 0 amide bonds. The lowest BCUT2D eigenvalue weighted by atomic mass is 10.1. The second-order valence-electron chi connectivity index (χ2n) is 17.3. The molecular weight excluding hydrogens is 826 g/mol. The first-order valence-electron chi connectivity index (χ1n) is 25.8. The number of phosphoric ester groups is 1. The zero-order valence-corrected chi connectivity index (χ0v) is 41.8. The third-order valence-electron chi connectivity index (χ3n) is 11.0. The quantitative estimate of drug-likeness (QED) is 0.0232. The fourth-order valence-electron chi connectivity index (χ4n) is 7.06. The minimum Gasteiger partial charge on any atom is -0.480 e. The monoisotopic (exact) mass is 922 g/mol. The number of esters is 1. The van der Waals surface area contributed by atoms with Gasteiger partial charge in [-0.25, -0.2) is 4.57 Å². The first-order chi connectivity index (χ1) is 31.2. The van der Waals surface area contributed by atoms with Crippen LogP contribution < -0.4 is 5.73 Å². The van der Waals surface area contributed by atoms with E-state index in [9.17, 15) is 19.0 Å². The van der Waals surface area contributed by atoms with Gasteiger partial charge in [0.25, 0.3) is 0 Å². The summed E-state index contributed by atoms with van der Waals surface area (Å²) in [5.74, 6) is -1.78. The van der Waals surface area contributed by atoms with Gasteiger partial charge in [0.1, 0.15) is 12.1 Å². The van der Waals surface area contributed by atoms with Gasteiger partial charge >= 0.3 is 19.8 Å². The predicted molar refractivity (Wildman–Crippen MR) is 267 cm³/mol. The van der Waals surface area contributed by atoms with Crippen molar-refractivity contribution in [2.45, 2.75) is 238 Å². The number of carbonyl (C=O) groups is 2. The van der Waals surface area contributed by atoms with E-state index in [0.717, 1.165) is 70.6 Å². The second-order valence-corrected chi connectivity index (χ2v) is 18.7. The molecule has 0 spiro atoms. The molecule has 0 aliphatic rings. The highest BCUT2D eigenvalue weighted by Crippen LogP contribution is 2.43. The molecule has 10 nitrogen and oxygen atoms in total. The van der Waals surface area contributed by atoms with Gasteiger partial charge in [0.05, 0.1) is 19.8 Å². The number of allylic oxidation sites excluding steroid dienone is 10. The number of hydrogen-bond donors (Lipinski definition) is 3. The Morgan fingerprint density at radius 1 is 0.516 bits per heavy atom. The van der Waals surface area contributed by atoms with Crippen LogP contribution >= 0.6 is 7.82 Å². The number of hydrogen-bond acceptors (Lipinski definition) is 8. The summed E-state index contributed by atoms with van der Waals surface area (Å²) in [5, 5.41) is 8.93. The lowest BCUT2D eigenvalue weighted by Gasteiger charge is -2.20. The van der Waals surface area contributed by atoms with E-state index >= 15 is 0 Å². The van der Waals surface area contributed by atoms with Crippen LogP contribution in [-0.4, -0.2) is 60.5 Å². The van der Waals surface area contributed by atoms with Crippen LogP contribution in [0, 0.1) is 0 Å². The van der Waals surface area contributed by atoms with Gasteiger partial charge in [0, 0.05) is 13.0 Å². The standard InChI is InChI=1S/C53H96NO9P/c1-3-5-7-9-11-13-15-17-19-21-23-24-25-26-27-28-30-32-34-36-38-40-42-44-46-60-47-50(48-61-64(58,59)62-49-51(54)53(56)57)63-52(55)45-43-41-39-37-35-33-31-29-22-20-18-16-14-12-10-8-6-4-2/h5,7,11,13,17,19-20,22-24,50-51H,3-4,6,8-10,12,14-16,18,21,25-49,54H2,1-2H3,(H,56,57)(H,58,59)/b7-5-,13-11-,19-17-,22-20-,24-23-. The normalized spacial score (nSPS) is 14.2. The molecule has 372 valence electrons. The summed E-state index contributed by atoms with van der Waals surface area (Å²) in [6, 6.07) is -1.48. The third-order valence-corrected chi connectivity index (χ3v) is 12.0. The maximum atomic E-state index is 12.7. The fraction of sp³-hybridized carbons (Fsp3) is 0.774. The number of unbranched alkanes of at least 4 members (excludes halogenated alkanes) is 25. The van der Waals surface area contributed by atoms with Crippen LogP contribution in [0.2, 0.25) is 0 Å². The molecule has 0 saturated carbocycles. The minimum absolute atomic E-state index is 0.0120. The first kappa shape index (κ1) is 61.7. The van der Waals surface area contributed by atoms with Crippen molar-refractivity contribution >= 4 is 19.8 Å². The summed E-state index contributed by atoms with van der Waals surface area (Å²) in [4.78, 5) is 33.7. The number of ether oxygens (including phenoxy) is 2. The van der Waals surface area contributed by atoms with Crippen LogP contribution in [0.25, 0.3) is 0 Å². The lowest BCUT2D eigenvalue weighted by molar-refractivity contribution is -0.154. The van der Waals surface area contributed by atoms with Crippen molar-refractivity contribution < 1.29 is 42.7 Å². The van der Waals surface area contributed by atoms with E-state index in [1.165, 1.54) is 128 Å². The number of rotatable bonds is 49. The summed E-state index contributed by atoms with van der Waals surface area (Å²) >= 11 is 0. The Hall–Kier alpha value is -2.33. The van der Waals surface area contributed by atoms with Gasteiger partial charge in [0.2, 0.25) is 0 Å². The molecule has 0 aromatic carbocycles. The molecule has 4 N–H and O–H groups in total. The van der Waals surface area contributed by atoms with E-state index < -0.39 is 45.1 Å². The van der Waals surface area contributed by atoms with Crippen LogP contribution in [0.15, 0.2) is 60.8 Å². The molecule has 0 bridgehead atoms. The average Bonchev–Trinajstić information content (AvgIpc) is 3.28. The van der Waals surface area contributed by atoms with Crippen molar-refractivity contribution in [1.29, 1.82) is 0 Å². The van der Waals surface area contributed by atoms with Gasteiger partial charge in [-0.3, -0.25) is 18.6 Å². The van der Waals surface area contributed by atoms with E-state index in [-0.39, 0.29) is 13.0 Å². The van der Waals surface area contributed by atoms with Crippen molar-refractivity contribution in [2.75, 3.05) is 26.4 Å². The molecule has 11 heteroatoms. The number of phosphoric acid groups is 1. The summed E-state index contributed by atoms with van der Waals surface area (Å²) in [5.41, 5.74) is 5.38. The molecule has 0 fully saturated rings. The Bertz CT molecular complexity index is 1250. The van der Waals surface area contributed by atoms with Gasteiger partial charge in [-0.1, -0.05) is 203 Å². The Morgan fingerprint density at radius 3 is 1.38 bits per heavy atom. The molecule has 64 heavy (non-hydrogen) atoms. The third kappa shape index (κ3) is 47.6. The van der Waals surface area contributed by atoms with Crippen LogP contribution in [0.1, 0.15) is 226 Å². The van der Waals surface area contributed by atoms with Gasteiger partial charge in [-0.2, -0.15) is 0 Å². The first-order valence-corrected chi connectivity index (χ1v) is 27.3. The molecule has 0 aliphatic carbocycles. The highest BCUT2D eigenvalue weighted by Gasteiger charge is 2.27. The number of nitrogens with two attached hydrogens (primary N) is 1. The van der Waals surface area contributed by atoms with Gasteiger partial charge in [0.15, 0.2) is 0 Å². The maximum Gasteiger partial charge on any atom is 0.472 e. The van der Waals surface area contributed by atoms with Gasteiger partial charge < -0.3 is 25.2 Å². The zero-order valence-electron chi connectivity index (χ0n) is 40.9. The van der Waals surface area contributed by atoms with Crippen molar-refractivity contribution in [1.82, 2.24) is 0 Å². The molecule has 0 rings (SSSR count). The van der Waals surface area contributed by atoms with Crippen molar-refractivity contribution in [2.24, 2.45) is 5.73 Å². The van der Waals surface area contributed by atoms with E-state index in [1.807, 2.05) is 0 Å². The van der Waals surface area contributed by atoms with Crippen molar-refractivity contribution in [3.8, 4) is 0 Å². The maximum absolute atomic E-state index is 12.7. The van der Waals surface area contributed by atoms with Crippen LogP contribution in [0.3, 0.4) is 0 Å². The van der Waals surface area contributed by atoms with E-state index in [4.69, 9.17) is 29.4 Å². The highest BCUT2D eigenvalue weighted by atomic mass is 31.2. The van der Waals surface area contributed by atoms with Crippen molar-refractivity contribution in [3.05, 3.63) is 60.8 Å². The largest absolute Gasteiger partial charge is 0.480 e. The Morgan fingerprint density at radius 2 is 0.906 bits per heavy atom. The Balaban J connectivity index is 4.13. The molecular formula is C53H96NO9P. The summed E-state index contributed by atoms with van der Waals surface area (Å²) in [6.07, 6.45) is 59.9.